The summed E-state index contributed by atoms with van der Waals surface area (Å²) >= 11 is 0. The molecule has 1 aliphatic rings. The number of nitrogens with one attached hydrogen (secondary N) is 1. The highest BCUT2D eigenvalue weighted by Gasteiger charge is 2.19. The lowest BCUT2D eigenvalue weighted by Crippen LogP contribution is -2.37. The summed E-state index contributed by atoms with van der Waals surface area (Å²) in [5, 5.41) is 11.9. The number of likely N-dealkylation sites (N-methyl/N-ethyl adjacent to an activating group) is 1. The van der Waals surface area contributed by atoms with Gasteiger partial charge in [-0.2, -0.15) is 0 Å². The van der Waals surface area contributed by atoms with Crippen LogP contribution in [0.3, 0.4) is 0 Å². The van der Waals surface area contributed by atoms with Gasteiger partial charge in [0.25, 0.3) is 0 Å². The van der Waals surface area contributed by atoms with E-state index in [1.807, 2.05) is 7.05 Å². The molecular weight excluding hydrogens is 276 g/mol. The Hall–Kier alpha value is -1.36. The number of ether oxygens (including phenoxy) is 1. The summed E-state index contributed by atoms with van der Waals surface area (Å²) in [6, 6.07) is 8.74. The molecular formula is C18H28N2O2. The van der Waals surface area contributed by atoms with Gasteiger partial charge in [-0.3, -0.25) is 0 Å². The van der Waals surface area contributed by atoms with E-state index < -0.39 is 0 Å². The third-order valence-corrected chi connectivity index (χ3v) is 3.99. The molecule has 0 amide bonds. The summed E-state index contributed by atoms with van der Waals surface area (Å²) in [6.07, 6.45) is 7.49. The smallest absolute Gasteiger partial charge is 0.0608 e. The largest absolute Gasteiger partial charge is 0.396 e. The molecule has 2 rings (SSSR count). The van der Waals surface area contributed by atoms with Crippen molar-refractivity contribution in [1.82, 2.24) is 5.32 Å². The maximum Gasteiger partial charge on any atom is 0.0608 e. The van der Waals surface area contributed by atoms with Crippen LogP contribution in [0.5, 0.6) is 0 Å². The Morgan fingerprint density at radius 1 is 1.27 bits per heavy atom. The molecule has 1 heterocycles. The van der Waals surface area contributed by atoms with E-state index in [1.54, 1.807) is 0 Å². The molecule has 0 radical (unpaired) electrons. The molecule has 1 saturated heterocycles. The minimum atomic E-state index is 0.216. The van der Waals surface area contributed by atoms with Gasteiger partial charge in [0.15, 0.2) is 0 Å². The Labute approximate surface area is 133 Å². The monoisotopic (exact) mass is 304 g/mol. The molecule has 1 aliphatic heterocycles. The molecule has 2 N–H and O–H groups in total. The van der Waals surface area contributed by atoms with Gasteiger partial charge in [0.2, 0.25) is 0 Å². The molecule has 0 aliphatic carbocycles. The van der Waals surface area contributed by atoms with Gasteiger partial charge in [0.1, 0.15) is 0 Å². The first kappa shape index (κ1) is 17.0. The van der Waals surface area contributed by atoms with Gasteiger partial charge >= 0.3 is 0 Å². The van der Waals surface area contributed by atoms with Crippen molar-refractivity contribution in [2.45, 2.75) is 25.4 Å². The van der Waals surface area contributed by atoms with Crippen LogP contribution in [0.2, 0.25) is 0 Å². The second kappa shape index (κ2) is 9.62. The number of nitrogens with zero attached hydrogens (tertiary/aromatic N) is 1. The van der Waals surface area contributed by atoms with E-state index in [4.69, 9.17) is 9.84 Å². The summed E-state index contributed by atoms with van der Waals surface area (Å²) in [7, 11) is 1.95. The number of hydrogen-bond donors (Lipinski definition) is 2. The molecule has 4 nitrogen and oxygen atoms in total. The maximum atomic E-state index is 8.78. The third kappa shape index (κ3) is 5.44. The highest BCUT2D eigenvalue weighted by Crippen LogP contribution is 2.22. The third-order valence-electron chi connectivity index (χ3n) is 3.99. The number of benzene rings is 1. The van der Waals surface area contributed by atoms with E-state index in [2.05, 4.69) is 46.6 Å². The second-order valence-corrected chi connectivity index (χ2v) is 5.69. The summed E-state index contributed by atoms with van der Waals surface area (Å²) in [4.78, 5) is 2.42. The summed E-state index contributed by atoms with van der Waals surface area (Å²) < 4.78 is 5.78. The van der Waals surface area contributed by atoms with E-state index in [-0.39, 0.29) is 6.61 Å². The van der Waals surface area contributed by atoms with Crippen molar-refractivity contribution >= 4 is 11.8 Å². The lowest BCUT2D eigenvalue weighted by molar-refractivity contribution is 0.0294. The number of anilines is 1. The van der Waals surface area contributed by atoms with Gasteiger partial charge in [-0.15, -0.1) is 0 Å². The number of aliphatic hydroxyl groups is 1. The Morgan fingerprint density at radius 3 is 2.64 bits per heavy atom. The SMILES string of the molecule is CNC/C=C/c1ccc(N2CCC(OCCCO)CC2)cc1. The fourth-order valence-electron chi connectivity index (χ4n) is 2.70. The van der Waals surface area contributed by atoms with Crippen molar-refractivity contribution in [2.75, 3.05) is 44.8 Å². The highest BCUT2D eigenvalue weighted by molar-refractivity contribution is 5.56. The zero-order valence-corrected chi connectivity index (χ0v) is 13.5. The van der Waals surface area contributed by atoms with Crippen LogP contribution in [0.4, 0.5) is 5.69 Å². The molecule has 0 spiro atoms. The zero-order chi connectivity index (χ0) is 15.6. The Kier molecular flexibility index (Phi) is 7.43. The van der Waals surface area contributed by atoms with Crippen LogP contribution in [-0.4, -0.2) is 51.1 Å². The maximum absolute atomic E-state index is 8.78. The fraction of sp³-hybridized carbons (Fsp3) is 0.556. The molecule has 0 aromatic heterocycles. The summed E-state index contributed by atoms with van der Waals surface area (Å²) in [6.45, 7) is 3.87. The van der Waals surface area contributed by atoms with Crippen LogP contribution in [0.1, 0.15) is 24.8 Å². The van der Waals surface area contributed by atoms with E-state index >= 15 is 0 Å². The number of rotatable bonds is 8. The van der Waals surface area contributed by atoms with Gasteiger partial charge in [-0.25, -0.2) is 0 Å². The highest BCUT2D eigenvalue weighted by atomic mass is 16.5. The zero-order valence-electron chi connectivity index (χ0n) is 13.5. The number of piperidine rings is 1. The van der Waals surface area contributed by atoms with E-state index in [9.17, 15) is 0 Å². The summed E-state index contributed by atoms with van der Waals surface area (Å²) in [5.41, 5.74) is 2.53. The fourth-order valence-corrected chi connectivity index (χ4v) is 2.70. The molecule has 0 unspecified atom stereocenters. The minimum Gasteiger partial charge on any atom is -0.396 e. The first-order chi connectivity index (χ1) is 10.8. The van der Waals surface area contributed by atoms with Crippen molar-refractivity contribution < 1.29 is 9.84 Å². The van der Waals surface area contributed by atoms with Crippen molar-refractivity contribution in [2.24, 2.45) is 0 Å². The average Bonchev–Trinajstić information content (AvgIpc) is 2.57. The molecule has 122 valence electrons. The van der Waals surface area contributed by atoms with Crippen molar-refractivity contribution in [3.8, 4) is 0 Å². The molecule has 1 aromatic rings. The number of hydrogen-bond acceptors (Lipinski definition) is 4. The van der Waals surface area contributed by atoms with E-state index in [0.717, 1.165) is 38.9 Å². The van der Waals surface area contributed by atoms with Crippen molar-refractivity contribution in [3.63, 3.8) is 0 Å². The van der Waals surface area contributed by atoms with E-state index in [1.165, 1.54) is 11.3 Å². The Bertz CT molecular complexity index is 437. The van der Waals surface area contributed by atoms with Gasteiger partial charge < -0.3 is 20.1 Å². The normalized spacial score (nSPS) is 16.5. The van der Waals surface area contributed by atoms with Crippen LogP contribution < -0.4 is 10.2 Å². The Morgan fingerprint density at radius 2 is 2.00 bits per heavy atom. The molecule has 0 bridgehead atoms. The van der Waals surface area contributed by atoms with Crippen molar-refractivity contribution in [3.05, 3.63) is 35.9 Å². The van der Waals surface area contributed by atoms with Crippen LogP contribution >= 0.6 is 0 Å². The molecule has 1 aromatic carbocycles. The molecule has 0 atom stereocenters. The molecule has 22 heavy (non-hydrogen) atoms. The van der Waals surface area contributed by atoms with Gasteiger partial charge in [-0.05, 0) is 44.0 Å². The first-order valence-electron chi connectivity index (χ1n) is 8.22. The second-order valence-electron chi connectivity index (χ2n) is 5.69. The van der Waals surface area contributed by atoms with Crippen LogP contribution in [0.15, 0.2) is 30.3 Å². The van der Waals surface area contributed by atoms with Gasteiger partial charge in [0.05, 0.1) is 6.10 Å². The lowest BCUT2D eigenvalue weighted by Gasteiger charge is -2.33. The van der Waals surface area contributed by atoms with Gasteiger partial charge in [-0.1, -0.05) is 24.3 Å². The van der Waals surface area contributed by atoms with Crippen LogP contribution in [-0.2, 0) is 4.74 Å². The average molecular weight is 304 g/mol. The van der Waals surface area contributed by atoms with E-state index in [0.29, 0.717) is 12.7 Å². The van der Waals surface area contributed by atoms with Crippen molar-refractivity contribution in [1.29, 1.82) is 0 Å². The predicted molar refractivity (Wildman–Crippen MR) is 92.3 cm³/mol. The molecule has 0 saturated carbocycles. The standard InChI is InChI=1S/C18H28N2O2/c1-19-11-2-4-16-5-7-17(8-6-16)20-12-9-18(10-13-20)22-15-3-14-21/h2,4-8,18-19,21H,3,9-15H2,1H3/b4-2+. The quantitative estimate of drug-likeness (QED) is 0.723. The summed E-state index contributed by atoms with van der Waals surface area (Å²) in [5.74, 6) is 0. The number of aliphatic hydroxyl groups excluding tert-OH is 1. The lowest BCUT2D eigenvalue weighted by atomic mass is 10.1. The van der Waals surface area contributed by atoms with Crippen LogP contribution in [0, 0.1) is 0 Å². The molecule has 1 fully saturated rings. The predicted octanol–water partition coefficient (Wildman–Crippen LogP) is 2.29. The molecule has 4 heteroatoms. The van der Waals surface area contributed by atoms with Crippen LogP contribution in [0.25, 0.3) is 6.08 Å². The minimum absolute atomic E-state index is 0.216. The van der Waals surface area contributed by atoms with Gasteiger partial charge in [0, 0.05) is 38.5 Å². The topological polar surface area (TPSA) is 44.7 Å². The first-order valence-corrected chi connectivity index (χ1v) is 8.22. The Balaban J connectivity index is 1.78.